The van der Waals surface area contributed by atoms with Crippen LogP contribution in [0.3, 0.4) is 0 Å². The number of nitrogens with zero attached hydrogens (tertiary/aromatic N) is 1. The number of aryl methyl sites for hydroxylation is 1. The van der Waals surface area contributed by atoms with Gasteiger partial charge in [0.1, 0.15) is 0 Å². The number of carbonyl (C=O) groups excluding carboxylic acids is 1. The van der Waals surface area contributed by atoms with Gasteiger partial charge in [0.2, 0.25) is 0 Å². The lowest BCUT2D eigenvalue weighted by atomic mass is 10.1. The number of anilines is 1. The van der Waals surface area contributed by atoms with Gasteiger partial charge in [0.15, 0.2) is 9.84 Å². The van der Waals surface area contributed by atoms with E-state index in [1.165, 1.54) is 30.3 Å². The largest absolute Gasteiger partial charge is 0.322 e. The Morgan fingerprint density at radius 3 is 2.50 bits per heavy atom. The normalized spacial score (nSPS) is 11.1. The van der Waals surface area contributed by atoms with Crippen LogP contribution in [0.2, 0.25) is 0 Å². The second-order valence-electron chi connectivity index (χ2n) is 5.21. The average Bonchev–Trinajstić information content (AvgIpc) is 2.54. The summed E-state index contributed by atoms with van der Waals surface area (Å²) in [5.74, 6) is -0.543. The number of sulfone groups is 1. The average molecular weight is 348 g/mol. The van der Waals surface area contributed by atoms with E-state index in [-0.39, 0.29) is 21.8 Å². The van der Waals surface area contributed by atoms with Crippen LogP contribution in [0, 0.1) is 10.1 Å². The van der Waals surface area contributed by atoms with Gasteiger partial charge in [0.25, 0.3) is 11.6 Å². The Balaban J connectivity index is 2.30. The van der Waals surface area contributed by atoms with Crippen LogP contribution in [0.1, 0.15) is 22.8 Å². The van der Waals surface area contributed by atoms with Crippen molar-refractivity contribution in [3.8, 4) is 0 Å². The van der Waals surface area contributed by atoms with Crippen LogP contribution in [0.25, 0.3) is 0 Å². The van der Waals surface area contributed by atoms with E-state index in [4.69, 9.17) is 0 Å². The summed E-state index contributed by atoms with van der Waals surface area (Å²) in [7, 11) is -3.43. The predicted molar refractivity (Wildman–Crippen MR) is 90.0 cm³/mol. The van der Waals surface area contributed by atoms with E-state index in [1.807, 2.05) is 0 Å². The summed E-state index contributed by atoms with van der Waals surface area (Å²) >= 11 is 0. The Morgan fingerprint density at radius 1 is 1.21 bits per heavy atom. The molecule has 0 heterocycles. The summed E-state index contributed by atoms with van der Waals surface area (Å²) in [4.78, 5) is 22.9. The molecule has 1 N–H and O–H groups in total. The fourth-order valence-electron chi connectivity index (χ4n) is 2.18. The van der Waals surface area contributed by atoms with Gasteiger partial charge < -0.3 is 5.32 Å². The third-order valence-corrected chi connectivity index (χ3v) is 4.56. The van der Waals surface area contributed by atoms with E-state index in [0.29, 0.717) is 12.0 Å². The number of carbonyl (C=O) groups is 1. The van der Waals surface area contributed by atoms with Gasteiger partial charge in [-0.05, 0) is 30.7 Å². The molecule has 8 heteroatoms. The van der Waals surface area contributed by atoms with Gasteiger partial charge in [-0.2, -0.15) is 0 Å². The van der Waals surface area contributed by atoms with E-state index in [1.54, 1.807) is 19.1 Å². The number of nitro groups is 1. The van der Waals surface area contributed by atoms with Crippen LogP contribution in [0.4, 0.5) is 11.4 Å². The molecular formula is C16H16N2O5S. The SMILES string of the molecule is CCc1ccc(NC(=O)c2cccc(S(C)(=O)=O)c2)cc1[N+](=O)[O-]. The molecule has 0 fully saturated rings. The number of nitro benzene ring substituents is 1. The molecule has 0 aliphatic heterocycles. The highest BCUT2D eigenvalue weighted by molar-refractivity contribution is 7.90. The van der Waals surface area contributed by atoms with Crippen LogP contribution in [-0.4, -0.2) is 25.5 Å². The molecule has 0 unspecified atom stereocenters. The summed E-state index contributed by atoms with van der Waals surface area (Å²) in [5.41, 5.74) is 0.922. The van der Waals surface area contributed by atoms with Crippen molar-refractivity contribution >= 4 is 27.1 Å². The monoisotopic (exact) mass is 348 g/mol. The van der Waals surface area contributed by atoms with Gasteiger partial charge in [0, 0.05) is 29.1 Å². The van der Waals surface area contributed by atoms with Crippen molar-refractivity contribution < 1.29 is 18.1 Å². The molecule has 0 saturated heterocycles. The maximum absolute atomic E-state index is 12.3. The minimum atomic E-state index is -3.43. The van der Waals surface area contributed by atoms with Gasteiger partial charge >= 0.3 is 0 Å². The molecule has 2 aromatic rings. The molecular weight excluding hydrogens is 332 g/mol. The summed E-state index contributed by atoms with van der Waals surface area (Å²) in [5, 5.41) is 13.6. The summed E-state index contributed by atoms with van der Waals surface area (Å²) < 4.78 is 23.1. The molecule has 1 amide bonds. The molecule has 0 aliphatic rings. The maximum Gasteiger partial charge on any atom is 0.274 e. The first kappa shape index (κ1) is 17.6. The number of hydrogen-bond acceptors (Lipinski definition) is 5. The molecule has 0 atom stereocenters. The summed E-state index contributed by atoms with van der Waals surface area (Å²) in [6, 6.07) is 10.0. The second kappa shape index (κ2) is 6.79. The number of benzene rings is 2. The molecule has 2 rings (SSSR count). The third kappa shape index (κ3) is 3.96. The zero-order chi connectivity index (χ0) is 17.9. The highest BCUT2D eigenvalue weighted by Crippen LogP contribution is 2.24. The van der Waals surface area contributed by atoms with Gasteiger partial charge in [-0.1, -0.05) is 19.1 Å². The quantitative estimate of drug-likeness (QED) is 0.660. The minimum absolute atomic E-state index is 0.0301. The Labute approximate surface area is 139 Å². The minimum Gasteiger partial charge on any atom is -0.322 e. The molecule has 0 saturated carbocycles. The predicted octanol–water partition coefficient (Wildman–Crippen LogP) is 2.81. The molecule has 7 nitrogen and oxygen atoms in total. The first-order valence-corrected chi connectivity index (χ1v) is 9.00. The molecule has 24 heavy (non-hydrogen) atoms. The van der Waals surface area contributed by atoms with Crippen molar-refractivity contribution in [3.05, 3.63) is 63.7 Å². The highest BCUT2D eigenvalue weighted by atomic mass is 32.2. The second-order valence-corrected chi connectivity index (χ2v) is 7.22. The fraction of sp³-hybridized carbons (Fsp3) is 0.188. The zero-order valence-corrected chi connectivity index (χ0v) is 14.0. The van der Waals surface area contributed by atoms with Crippen molar-refractivity contribution in [2.45, 2.75) is 18.2 Å². The van der Waals surface area contributed by atoms with Crippen molar-refractivity contribution in [1.29, 1.82) is 0 Å². The van der Waals surface area contributed by atoms with Gasteiger partial charge in [0.05, 0.1) is 9.82 Å². The molecule has 0 spiro atoms. The molecule has 0 aromatic heterocycles. The Morgan fingerprint density at radius 2 is 1.92 bits per heavy atom. The smallest absolute Gasteiger partial charge is 0.274 e. The van der Waals surface area contributed by atoms with Crippen LogP contribution >= 0.6 is 0 Å². The van der Waals surface area contributed by atoms with Crippen molar-refractivity contribution in [1.82, 2.24) is 0 Å². The van der Waals surface area contributed by atoms with Crippen LogP contribution in [-0.2, 0) is 16.3 Å². The standard InChI is InChI=1S/C16H16N2O5S/c1-3-11-7-8-13(10-15(11)18(20)21)17-16(19)12-5-4-6-14(9-12)24(2,22)23/h4-10H,3H2,1-2H3,(H,17,19). The number of rotatable bonds is 5. The number of hydrogen-bond donors (Lipinski definition) is 1. The van der Waals surface area contributed by atoms with Crippen LogP contribution < -0.4 is 5.32 Å². The van der Waals surface area contributed by atoms with Crippen LogP contribution in [0.15, 0.2) is 47.4 Å². The van der Waals surface area contributed by atoms with Gasteiger partial charge in [-0.15, -0.1) is 0 Å². The topological polar surface area (TPSA) is 106 Å². The molecule has 2 aromatic carbocycles. The van der Waals surface area contributed by atoms with Crippen LogP contribution in [0.5, 0.6) is 0 Å². The Bertz CT molecular complexity index is 906. The molecule has 0 radical (unpaired) electrons. The number of nitrogens with one attached hydrogen (secondary N) is 1. The van der Waals surface area contributed by atoms with Gasteiger partial charge in [-0.25, -0.2) is 8.42 Å². The molecule has 0 aliphatic carbocycles. The lowest BCUT2D eigenvalue weighted by molar-refractivity contribution is -0.385. The summed E-state index contributed by atoms with van der Waals surface area (Å²) in [6.07, 6.45) is 1.55. The van der Waals surface area contributed by atoms with E-state index in [2.05, 4.69) is 5.32 Å². The van der Waals surface area contributed by atoms with Gasteiger partial charge in [-0.3, -0.25) is 14.9 Å². The van der Waals surface area contributed by atoms with E-state index < -0.39 is 20.7 Å². The first-order valence-electron chi connectivity index (χ1n) is 7.11. The highest BCUT2D eigenvalue weighted by Gasteiger charge is 2.16. The molecule has 0 bridgehead atoms. The van der Waals surface area contributed by atoms with E-state index in [9.17, 15) is 23.3 Å². The van der Waals surface area contributed by atoms with Crippen molar-refractivity contribution in [3.63, 3.8) is 0 Å². The first-order chi connectivity index (χ1) is 11.2. The van der Waals surface area contributed by atoms with E-state index in [0.717, 1.165) is 6.26 Å². The lowest BCUT2D eigenvalue weighted by Crippen LogP contribution is -2.13. The van der Waals surface area contributed by atoms with Crippen molar-refractivity contribution in [2.24, 2.45) is 0 Å². The summed E-state index contributed by atoms with van der Waals surface area (Å²) in [6.45, 7) is 1.80. The zero-order valence-electron chi connectivity index (χ0n) is 13.1. The van der Waals surface area contributed by atoms with Crippen molar-refractivity contribution in [2.75, 3.05) is 11.6 Å². The number of amides is 1. The lowest BCUT2D eigenvalue weighted by Gasteiger charge is -2.08. The Hall–Kier alpha value is -2.74. The molecule has 126 valence electrons. The fourth-order valence-corrected chi connectivity index (χ4v) is 2.85. The van der Waals surface area contributed by atoms with E-state index >= 15 is 0 Å². The Kier molecular flexibility index (Phi) is 4.99. The maximum atomic E-state index is 12.3. The third-order valence-electron chi connectivity index (χ3n) is 3.45.